The first-order chi connectivity index (χ1) is 12.9. The average molecular weight is 381 g/mol. The SMILES string of the molecule is CC.CC.CN(C)/C=C\C(=C/C=O)c1cc2c(cc1C(F)F)N(C)CCC2. The molecule has 1 aliphatic rings. The van der Waals surface area contributed by atoms with E-state index in [-0.39, 0.29) is 5.56 Å². The first-order valence-corrected chi connectivity index (χ1v) is 9.60. The molecule has 1 aromatic rings. The third kappa shape index (κ3) is 7.16. The van der Waals surface area contributed by atoms with Crippen molar-refractivity contribution in [2.75, 3.05) is 32.6 Å². The summed E-state index contributed by atoms with van der Waals surface area (Å²) >= 11 is 0. The highest BCUT2D eigenvalue weighted by Crippen LogP contribution is 2.36. The summed E-state index contributed by atoms with van der Waals surface area (Å²) in [6.07, 6.45) is 4.67. The van der Waals surface area contributed by atoms with E-state index < -0.39 is 6.43 Å². The van der Waals surface area contributed by atoms with E-state index in [1.54, 1.807) is 23.2 Å². The minimum Gasteiger partial charge on any atom is -0.383 e. The molecule has 0 fully saturated rings. The molecule has 0 bridgehead atoms. The molecular weight excluding hydrogens is 346 g/mol. The third-order valence-electron chi connectivity index (χ3n) is 3.95. The summed E-state index contributed by atoms with van der Waals surface area (Å²) in [5.41, 5.74) is 2.80. The van der Waals surface area contributed by atoms with Gasteiger partial charge in [-0.3, -0.25) is 4.79 Å². The molecule has 0 aromatic heterocycles. The number of anilines is 1. The Balaban J connectivity index is 0.00000158. The molecule has 1 aliphatic heterocycles. The third-order valence-corrected chi connectivity index (χ3v) is 3.95. The van der Waals surface area contributed by atoms with E-state index in [0.29, 0.717) is 17.4 Å². The second-order valence-electron chi connectivity index (χ2n) is 5.93. The van der Waals surface area contributed by atoms with Gasteiger partial charge >= 0.3 is 0 Å². The topological polar surface area (TPSA) is 23.6 Å². The Labute approximate surface area is 163 Å². The molecule has 0 saturated heterocycles. The summed E-state index contributed by atoms with van der Waals surface area (Å²) in [4.78, 5) is 14.7. The van der Waals surface area contributed by atoms with Crippen molar-refractivity contribution >= 4 is 17.5 Å². The van der Waals surface area contributed by atoms with Gasteiger partial charge in [0.2, 0.25) is 0 Å². The first-order valence-electron chi connectivity index (χ1n) is 9.60. The Morgan fingerprint density at radius 1 is 1.19 bits per heavy atom. The molecular formula is C22H34F2N2O. The normalized spacial score (nSPS) is 13.4. The number of allylic oxidation sites excluding steroid dienone is 3. The van der Waals surface area contributed by atoms with E-state index in [9.17, 15) is 13.6 Å². The predicted molar refractivity (Wildman–Crippen MR) is 113 cm³/mol. The molecule has 3 nitrogen and oxygen atoms in total. The number of aldehydes is 1. The summed E-state index contributed by atoms with van der Waals surface area (Å²) < 4.78 is 27.1. The maximum Gasteiger partial charge on any atom is 0.264 e. The number of carbonyl (C=O) groups is 1. The summed E-state index contributed by atoms with van der Waals surface area (Å²) in [6.45, 7) is 8.87. The zero-order valence-electron chi connectivity index (χ0n) is 17.7. The Kier molecular flexibility index (Phi) is 12.0. The number of halogens is 2. The van der Waals surface area contributed by atoms with E-state index >= 15 is 0 Å². The predicted octanol–water partition coefficient (Wildman–Crippen LogP) is 5.72. The monoisotopic (exact) mass is 380 g/mol. The highest BCUT2D eigenvalue weighted by Gasteiger charge is 2.22. The molecule has 152 valence electrons. The van der Waals surface area contributed by atoms with E-state index in [4.69, 9.17) is 0 Å². The number of rotatable bonds is 5. The smallest absolute Gasteiger partial charge is 0.264 e. The van der Waals surface area contributed by atoms with Crippen LogP contribution in [-0.2, 0) is 11.2 Å². The fourth-order valence-electron chi connectivity index (χ4n) is 2.80. The van der Waals surface area contributed by atoms with Crippen LogP contribution < -0.4 is 4.90 Å². The van der Waals surface area contributed by atoms with Crippen molar-refractivity contribution in [3.63, 3.8) is 0 Å². The number of nitrogens with zero attached hydrogens (tertiary/aromatic N) is 2. The molecule has 0 aliphatic carbocycles. The molecule has 5 heteroatoms. The minimum atomic E-state index is -2.59. The van der Waals surface area contributed by atoms with Crippen LogP contribution in [0.15, 0.2) is 30.5 Å². The fourth-order valence-corrected chi connectivity index (χ4v) is 2.80. The number of alkyl halides is 2. The Morgan fingerprint density at radius 2 is 1.81 bits per heavy atom. The lowest BCUT2D eigenvalue weighted by Crippen LogP contribution is -2.25. The van der Waals surface area contributed by atoms with Crippen LogP contribution in [0.4, 0.5) is 14.5 Å². The van der Waals surface area contributed by atoms with Crippen molar-refractivity contribution in [1.29, 1.82) is 0 Å². The van der Waals surface area contributed by atoms with Gasteiger partial charge in [-0.1, -0.05) is 27.7 Å². The van der Waals surface area contributed by atoms with Gasteiger partial charge in [0.1, 0.15) is 6.29 Å². The Hall–Kier alpha value is -2.17. The highest BCUT2D eigenvalue weighted by molar-refractivity contribution is 5.88. The van der Waals surface area contributed by atoms with E-state index in [0.717, 1.165) is 30.6 Å². The molecule has 0 amide bonds. The van der Waals surface area contributed by atoms with Gasteiger partial charge in [0.05, 0.1) is 0 Å². The van der Waals surface area contributed by atoms with E-state index in [2.05, 4.69) is 0 Å². The minimum absolute atomic E-state index is 0.0333. The number of fused-ring (bicyclic) bond motifs is 1. The van der Waals surface area contributed by atoms with Crippen LogP contribution in [0.25, 0.3) is 5.57 Å². The maximum atomic E-state index is 13.6. The second-order valence-corrected chi connectivity index (χ2v) is 5.93. The molecule has 0 spiro atoms. The van der Waals surface area contributed by atoms with Crippen molar-refractivity contribution in [3.05, 3.63) is 47.2 Å². The fraction of sp³-hybridized carbons (Fsp3) is 0.500. The van der Waals surface area contributed by atoms with Gasteiger partial charge in [0, 0.05) is 38.9 Å². The van der Waals surface area contributed by atoms with Crippen LogP contribution in [-0.4, -0.2) is 38.9 Å². The van der Waals surface area contributed by atoms with Crippen molar-refractivity contribution in [1.82, 2.24) is 4.90 Å². The molecule has 0 N–H and O–H groups in total. The number of carbonyl (C=O) groups excluding carboxylic acids is 1. The molecule has 27 heavy (non-hydrogen) atoms. The Morgan fingerprint density at radius 3 is 2.33 bits per heavy atom. The van der Waals surface area contributed by atoms with Crippen LogP contribution in [0.1, 0.15) is 57.2 Å². The van der Waals surface area contributed by atoms with E-state index in [1.807, 2.05) is 59.8 Å². The van der Waals surface area contributed by atoms with Crippen molar-refractivity contribution in [3.8, 4) is 0 Å². The summed E-state index contributed by atoms with van der Waals surface area (Å²) in [5.74, 6) is 0. The molecule has 0 radical (unpaired) electrons. The van der Waals surface area contributed by atoms with Crippen molar-refractivity contribution in [2.45, 2.75) is 47.0 Å². The largest absolute Gasteiger partial charge is 0.383 e. The number of hydrogen-bond donors (Lipinski definition) is 0. The van der Waals surface area contributed by atoms with Crippen LogP contribution in [0.2, 0.25) is 0 Å². The van der Waals surface area contributed by atoms with Crippen LogP contribution in [0, 0.1) is 0 Å². The lowest BCUT2D eigenvalue weighted by atomic mass is 9.92. The van der Waals surface area contributed by atoms with Crippen LogP contribution >= 0.6 is 0 Å². The van der Waals surface area contributed by atoms with Crippen LogP contribution in [0.3, 0.4) is 0 Å². The second kappa shape index (κ2) is 13.1. The zero-order valence-corrected chi connectivity index (χ0v) is 17.7. The standard InChI is InChI=1S/C18H22F2N2O.2C2H6/c1-21(2)9-6-13(7-10-23)15-11-14-5-4-8-22(3)17(14)12-16(15)18(19)20;2*1-2/h6-7,9-12,18H,4-5,8H2,1-3H3;2*1-2H3/b9-6-,13-7+;;. The van der Waals surface area contributed by atoms with Gasteiger partial charge in [-0.2, -0.15) is 0 Å². The quantitative estimate of drug-likeness (QED) is 0.371. The lowest BCUT2D eigenvalue weighted by Gasteiger charge is -2.29. The first kappa shape index (κ1) is 24.8. The zero-order chi connectivity index (χ0) is 21.0. The number of hydrogen-bond acceptors (Lipinski definition) is 3. The molecule has 2 rings (SSSR count). The van der Waals surface area contributed by atoms with E-state index in [1.165, 1.54) is 6.08 Å². The molecule has 1 heterocycles. The molecule has 0 atom stereocenters. The molecule has 1 aromatic carbocycles. The highest BCUT2D eigenvalue weighted by atomic mass is 19.3. The van der Waals surface area contributed by atoms with Gasteiger partial charge in [-0.15, -0.1) is 0 Å². The number of aryl methyl sites for hydroxylation is 1. The van der Waals surface area contributed by atoms with Gasteiger partial charge in [-0.05, 0) is 60.0 Å². The summed E-state index contributed by atoms with van der Waals surface area (Å²) in [6, 6.07) is 3.37. The van der Waals surface area contributed by atoms with Crippen LogP contribution in [0.5, 0.6) is 0 Å². The van der Waals surface area contributed by atoms with Gasteiger partial charge in [-0.25, -0.2) is 8.78 Å². The van der Waals surface area contributed by atoms with Gasteiger partial charge in [0.25, 0.3) is 6.43 Å². The lowest BCUT2D eigenvalue weighted by molar-refractivity contribution is -0.104. The maximum absolute atomic E-state index is 13.6. The van der Waals surface area contributed by atoms with Crippen molar-refractivity contribution < 1.29 is 13.6 Å². The Bertz CT molecular complexity index is 637. The summed E-state index contributed by atoms with van der Waals surface area (Å²) in [5, 5.41) is 0. The number of benzene rings is 1. The van der Waals surface area contributed by atoms with Crippen molar-refractivity contribution in [2.24, 2.45) is 0 Å². The molecule has 0 unspecified atom stereocenters. The van der Waals surface area contributed by atoms with Gasteiger partial charge < -0.3 is 9.80 Å². The van der Waals surface area contributed by atoms with Gasteiger partial charge in [0.15, 0.2) is 0 Å². The summed E-state index contributed by atoms with van der Waals surface area (Å²) in [7, 11) is 5.59. The average Bonchev–Trinajstić information content (AvgIpc) is 2.67. The molecule has 0 saturated carbocycles.